The number of nitrogens with one attached hydrogen (secondary N) is 2. The number of amides is 3. The second-order valence-corrected chi connectivity index (χ2v) is 6.44. The maximum atomic E-state index is 12.4. The molecule has 0 radical (unpaired) electrons. The molecule has 0 aromatic rings. The van der Waals surface area contributed by atoms with E-state index >= 15 is 0 Å². The van der Waals surface area contributed by atoms with Crippen LogP contribution in [0.1, 0.15) is 51.4 Å². The molecule has 2 unspecified atom stereocenters. The molecule has 0 aliphatic heterocycles. The highest BCUT2D eigenvalue weighted by molar-refractivity contribution is 5.91. The van der Waals surface area contributed by atoms with E-state index in [-0.39, 0.29) is 31.8 Å². The zero-order chi connectivity index (χ0) is 17.9. The molecule has 0 aromatic carbocycles. The Balaban J connectivity index is 2.62. The van der Waals surface area contributed by atoms with Crippen LogP contribution in [0, 0.1) is 5.92 Å². The molecule has 8 heteroatoms. The van der Waals surface area contributed by atoms with Gasteiger partial charge in [-0.1, -0.05) is 32.1 Å². The van der Waals surface area contributed by atoms with Crippen LogP contribution in [0.4, 0.5) is 0 Å². The molecule has 0 bridgehead atoms. The first-order chi connectivity index (χ1) is 11.5. The summed E-state index contributed by atoms with van der Waals surface area (Å²) in [5.41, 5.74) is 16.3. The minimum absolute atomic E-state index is 0.135. The first-order valence-electron chi connectivity index (χ1n) is 8.77. The zero-order valence-electron chi connectivity index (χ0n) is 14.3. The number of primary amides is 1. The molecular formula is C16H31N5O3. The van der Waals surface area contributed by atoms with Gasteiger partial charge in [0, 0.05) is 13.0 Å². The quantitative estimate of drug-likeness (QED) is 0.349. The molecule has 3 amide bonds. The van der Waals surface area contributed by atoms with Crippen molar-refractivity contribution >= 4 is 17.7 Å². The van der Waals surface area contributed by atoms with Gasteiger partial charge in [0.05, 0.1) is 0 Å². The van der Waals surface area contributed by atoms with Crippen LogP contribution in [-0.4, -0.2) is 42.9 Å². The molecule has 1 fully saturated rings. The van der Waals surface area contributed by atoms with Gasteiger partial charge >= 0.3 is 0 Å². The fourth-order valence-electron chi connectivity index (χ4n) is 3.11. The van der Waals surface area contributed by atoms with Gasteiger partial charge < -0.3 is 27.8 Å². The van der Waals surface area contributed by atoms with Crippen LogP contribution in [-0.2, 0) is 14.4 Å². The molecule has 1 rings (SSSR count). The third kappa shape index (κ3) is 7.27. The molecule has 0 spiro atoms. The van der Waals surface area contributed by atoms with Gasteiger partial charge in [-0.15, -0.1) is 0 Å². The Morgan fingerprint density at radius 1 is 0.958 bits per heavy atom. The fourth-order valence-corrected chi connectivity index (χ4v) is 3.11. The summed E-state index contributed by atoms with van der Waals surface area (Å²) < 4.78 is 0. The molecule has 1 aliphatic carbocycles. The molecular weight excluding hydrogens is 310 g/mol. The van der Waals surface area contributed by atoms with E-state index in [4.69, 9.17) is 17.2 Å². The Labute approximate surface area is 143 Å². The van der Waals surface area contributed by atoms with Crippen LogP contribution >= 0.6 is 0 Å². The summed E-state index contributed by atoms with van der Waals surface area (Å²) in [7, 11) is 0. The molecule has 138 valence electrons. The number of nitrogens with two attached hydrogens (primary N) is 3. The molecule has 1 saturated carbocycles. The third-order valence-electron chi connectivity index (χ3n) is 4.43. The lowest BCUT2D eigenvalue weighted by Gasteiger charge is -2.27. The smallest absolute Gasteiger partial charge is 0.243 e. The average Bonchev–Trinajstić information content (AvgIpc) is 2.55. The first kappa shape index (κ1) is 20.4. The number of hydrogen-bond donors (Lipinski definition) is 5. The predicted octanol–water partition coefficient (Wildman–Crippen LogP) is -0.891. The van der Waals surface area contributed by atoms with E-state index in [0.717, 1.165) is 25.7 Å². The number of rotatable bonds is 10. The summed E-state index contributed by atoms with van der Waals surface area (Å²) in [6.07, 6.45) is 6.60. The topological polar surface area (TPSA) is 153 Å². The van der Waals surface area contributed by atoms with E-state index in [9.17, 15) is 14.4 Å². The largest absolute Gasteiger partial charge is 0.368 e. The number of carbonyl (C=O) groups excluding carboxylic acids is 3. The van der Waals surface area contributed by atoms with Crippen molar-refractivity contribution in [1.82, 2.24) is 10.6 Å². The third-order valence-corrected chi connectivity index (χ3v) is 4.43. The van der Waals surface area contributed by atoms with Crippen LogP contribution in [0.5, 0.6) is 0 Å². The van der Waals surface area contributed by atoms with E-state index < -0.39 is 23.9 Å². The van der Waals surface area contributed by atoms with Crippen LogP contribution in [0.3, 0.4) is 0 Å². The van der Waals surface area contributed by atoms with Gasteiger partial charge in [0.1, 0.15) is 12.1 Å². The van der Waals surface area contributed by atoms with E-state index in [2.05, 4.69) is 10.6 Å². The standard InChI is InChI=1S/C16H31N5O3/c17-8-6-12(20-14(22)7-9-18)16(24)21-13(15(19)23)10-11-4-2-1-3-5-11/h11-13H,1-10,17-18H2,(H2,19,23)(H,20,22)(H,21,24). The van der Waals surface area contributed by atoms with Crippen LogP contribution < -0.4 is 27.8 Å². The highest BCUT2D eigenvalue weighted by Crippen LogP contribution is 2.27. The maximum absolute atomic E-state index is 12.4. The van der Waals surface area contributed by atoms with Crippen LogP contribution in [0.25, 0.3) is 0 Å². The lowest BCUT2D eigenvalue weighted by molar-refractivity contribution is -0.131. The van der Waals surface area contributed by atoms with Gasteiger partial charge in [0.15, 0.2) is 0 Å². The highest BCUT2D eigenvalue weighted by atomic mass is 16.2. The molecule has 1 aliphatic rings. The van der Waals surface area contributed by atoms with E-state index in [0.29, 0.717) is 12.3 Å². The molecule has 0 aromatic heterocycles. The van der Waals surface area contributed by atoms with Gasteiger partial charge in [-0.25, -0.2) is 0 Å². The Morgan fingerprint density at radius 3 is 2.17 bits per heavy atom. The van der Waals surface area contributed by atoms with Crippen molar-refractivity contribution in [3.05, 3.63) is 0 Å². The van der Waals surface area contributed by atoms with Crippen molar-refractivity contribution < 1.29 is 14.4 Å². The fraction of sp³-hybridized carbons (Fsp3) is 0.812. The predicted molar refractivity (Wildman–Crippen MR) is 91.6 cm³/mol. The molecule has 0 saturated heterocycles. The molecule has 24 heavy (non-hydrogen) atoms. The van der Waals surface area contributed by atoms with Crippen molar-refractivity contribution in [2.24, 2.45) is 23.1 Å². The summed E-state index contributed by atoms with van der Waals surface area (Å²) in [5.74, 6) is -0.885. The van der Waals surface area contributed by atoms with E-state index in [1.807, 2.05) is 0 Å². The monoisotopic (exact) mass is 341 g/mol. The van der Waals surface area contributed by atoms with Crippen molar-refractivity contribution in [3.8, 4) is 0 Å². The SMILES string of the molecule is NCCC(=O)NC(CCN)C(=O)NC(CC1CCCCC1)C(N)=O. The normalized spacial score (nSPS) is 17.8. The lowest BCUT2D eigenvalue weighted by Crippen LogP contribution is -2.54. The summed E-state index contributed by atoms with van der Waals surface area (Å²) in [5, 5.41) is 5.28. The van der Waals surface area contributed by atoms with Gasteiger partial charge in [-0.2, -0.15) is 0 Å². The van der Waals surface area contributed by atoms with Crippen LogP contribution in [0.15, 0.2) is 0 Å². The Kier molecular flexibility index (Phi) is 9.33. The first-order valence-corrected chi connectivity index (χ1v) is 8.77. The van der Waals surface area contributed by atoms with Crippen LogP contribution in [0.2, 0.25) is 0 Å². The Bertz CT molecular complexity index is 424. The highest BCUT2D eigenvalue weighted by Gasteiger charge is 2.27. The minimum atomic E-state index is -0.776. The summed E-state index contributed by atoms with van der Waals surface area (Å²) >= 11 is 0. The molecule has 2 atom stereocenters. The lowest BCUT2D eigenvalue weighted by atomic mass is 9.84. The molecule has 8 N–H and O–H groups in total. The summed E-state index contributed by atoms with van der Waals surface area (Å²) in [6.45, 7) is 0.444. The summed E-state index contributed by atoms with van der Waals surface area (Å²) in [6, 6.07) is -1.49. The number of hydrogen-bond acceptors (Lipinski definition) is 5. The van der Waals surface area contributed by atoms with E-state index in [1.165, 1.54) is 6.42 Å². The zero-order valence-corrected chi connectivity index (χ0v) is 14.3. The number of carbonyl (C=O) groups is 3. The van der Waals surface area contributed by atoms with E-state index in [1.54, 1.807) is 0 Å². The Morgan fingerprint density at radius 2 is 1.62 bits per heavy atom. The molecule has 0 heterocycles. The van der Waals surface area contributed by atoms with Crippen molar-refractivity contribution in [2.45, 2.75) is 63.5 Å². The van der Waals surface area contributed by atoms with Crippen molar-refractivity contribution in [2.75, 3.05) is 13.1 Å². The van der Waals surface area contributed by atoms with Gasteiger partial charge in [-0.05, 0) is 25.3 Å². The second-order valence-electron chi connectivity index (χ2n) is 6.44. The minimum Gasteiger partial charge on any atom is -0.368 e. The van der Waals surface area contributed by atoms with Gasteiger partial charge in [0.25, 0.3) is 0 Å². The Hall–Kier alpha value is -1.67. The van der Waals surface area contributed by atoms with Crippen molar-refractivity contribution in [1.29, 1.82) is 0 Å². The molecule has 8 nitrogen and oxygen atoms in total. The van der Waals surface area contributed by atoms with Crippen molar-refractivity contribution in [3.63, 3.8) is 0 Å². The maximum Gasteiger partial charge on any atom is 0.243 e. The van der Waals surface area contributed by atoms with Gasteiger partial charge in [-0.3, -0.25) is 14.4 Å². The van der Waals surface area contributed by atoms with Gasteiger partial charge in [0.2, 0.25) is 17.7 Å². The average molecular weight is 341 g/mol. The summed E-state index contributed by atoms with van der Waals surface area (Å²) in [4.78, 5) is 35.8. The second kappa shape index (κ2) is 11.0.